The minimum Gasteiger partial charge on any atom is -0.492 e. The van der Waals surface area contributed by atoms with Crippen LogP contribution in [0.5, 0.6) is 5.75 Å². The first-order chi connectivity index (χ1) is 12.3. The number of ether oxygens (including phenoxy) is 1. The lowest BCUT2D eigenvalue weighted by Gasteiger charge is -2.32. The van der Waals surface area contributed by atoms with Gasteiger partial charge in [-0.15, -0.1) is 0 Å². The van der Waals surface area contributed by atoms with Gasteiger partial charge in [-0.3, -0.25) is 9.69 Å². The molecule has 6 nitrogen and oxygen atoms in total. The molecule has 0 bridgehead atoms. The van der Waals surface area contributed by atoms with Gasteiger partial charge in [0.15, 0.2) is 0 Å². The summed E-state index contributed by atoms with van der Waals surface area (Å²) in [5.74, 6) is 1.23. The fourth-order valence-electron chi connectivity index (χ4n) is 3.80. The zero-order valence-corrected chi connectivity index (χ0v) is 14.3. The SMILES string of the molecule is O=C(NC[C@H]1CCCN(Cc2cnc[nH]2)C1)c1cccc2c1OCC2. The Morgan fingerprint density at radius 1 is 1.44 bits per heavy atom. The van der Waals surface area contributed by atoms with Crippen LogP contribution < -0.4 is 10.1 Å². The third-order valence-electron chi connectivity index (χ3n) is 5.06. The van der Waals surface area contributed by atoms with Crippen LogP contribution in [0.3, 0.4) is 0 Å². The number of H-pyrrole nitrogens is 1. The van der Waals surface area contributed by atoms with E-state index in [0.717, 1.165) is 49.5 Å². The van der Waals surface area contributed by atoms with E-state index in [1.54, 1.807) is 6.33 Å². The Labute approximate surface area is 147 Å². The average Bonchev–Trinajstić information content (AvgIpc) is 3.31. The van der Waals surface area contributed by atoms with Crippen molar-refractivity contribution < 1.29 is 9.53 Å². The molecule has 0 aliphatic carbocycles. The van der Waals surface area contributed by atoms with E-state index < -0.39 is 0 Å². The second-order valence-corrected chi connectivity index (χ2v) is 6.92. The van der Waals surface area contributed by atoms with Gasteiger partial charge < -0.3 is 15.0 Å². The van der Waals surface area contributed by atoms with Crippen LogP contribution in [0.1, 0.15) is 34.5 Å². The molecule has 1 amide bonds. The van der Waals surface area contributed by atoms with Crippen molar-refractivity contribution >= 4 is 5.91 Å². The van der Waals surface area contributed by atoms with E-state index in [-0.39, 0.29) is 5.91 Å². The quantitative estimate of drug-likeness (QED) is 0.873. The minimum atomic E-state index is -0.0237. The smallest absolute Gasteiger partial charge is 0.255 e. The molecule has 2 aromatic rings. The topological polar surface area (TPSA) is 70.2 Å². The summed E-state index contributed by atoms with van der Waals surface area (Å²) in [6, 6.07) is 5.83. The lowest BCUT2D eigenvalue weighted by Crippen LogP contribution is -2.40. The highest BCUT2D eigenvalue weighted by Crippen LogP contribution is 2.29. The van der Waals surface area contributed by atoms with Crippen LogP contribution in [0, 0.1) is 5.92 Å². The van der Waals surface area contributed by atoms with Gasteiger partial charge in [-0.2, -0.15) is 0 Å². The van der Waals surface area contributed by atoms with Crippen molar-refractivity contribution in [2.75, 3.05) is 26.2 Å². The summed E-state index contributed by atoms with van der Waals surface area (Å²) in [6.07, 6.45) is 6.81. The first kappa shape index (κ1) is 16.1. The minimum absolute atomic E-state index is 0.0237. The van der Waals surface area contributed by atoms with Crippen molar-refractivity contribution in [1.29, 1.82) is 0 Å². The van der Waals surface area contributed by atoms with E-state index in [9.17, 15) is 4.79 Å². The Bertz CT molecular complexity index is 729. The summed E-state index contributed by atoms with van der Waals surface area (Å²) in [4.78, 5) is 22.2. The molecule has 6 heteroatoms. The molecule has 0 unspecified atom stereocenters. The molecule has 2 N–H and O–H groups in total. The van der Waals surface area contributed by atoms with E-state index in [2.05, 4.69) is 20.2 Å². The maximum atomic E-state index is 12.6. The molecule has 0 radical (unpaired) electrons. The number of piperidine rings is 1. The second kappa shape index (κ2) is 7.27. The standard InChI is InChI=1S/C19H24N4O2/c24-19(17-5-1-4-15-6-8-25-18(15)17)21-9-14-3-2-7-23(11-14)12-16-10-20-13-22-16/h1,4-5,10,13-14H,2-3,6-9,11-12H2,(H,20,22)(H,21,24)/t14-/m1/s1. The van der Waals surface area contributed by atoms with Crippen molar-refractivity contribution in [3.05, 3.63) is 47.5 Å². The van der Waals surface area contributed by atoms with Crippen molar-refractivity contribution in [1.82, 2.24) is 20.2 Å². The third-order valence-corrected chi connectivity index (χ3v) is 5.06. The first-order valence-electron chi connectivity index (χ1n) is 9.02. The largest absolute Gasteiger partial charge is 0.492 e. The number of hydrogen-bond donors (Lipinski definition) is 2. The van der Waals surface area contributed by atoms with Crippen LogP contribution in [0.4, 0.5) is 0 Å². The highest BCUT2D eigenvalue weighted by Gasteiger charge is 2.23. The summed E-state index contributed by atoms with van der Waals surface area (Å²) >= 11 is 0. The third kappa shape index (κ3) is 3.69. The lowest BCUT2D eigenvalue weighted by atomic mass is 9.97. The molecule has 132 valence electrons. The van der Waals surface area contributed by atoms with E-state index in [1.807, 2.05) is 24.4 Å². The molecular formula is C19H24N4O2. The van der Waals surface area contributed by atoms with Gasteiger partial charge in [0.05, 0.1) is 18.5 Å². The van der Waals surface area contributed by atoms with Gasteiger partial charge in [0.25, 0.3) is 5.91 Å². The van der Waals surface area contributed by atoms with Crippen LogP contribution in [-0.2, 0) is 13.0 Å². The van der Waals surface area contributed by atoms with Crippen molar-refractivity contribution in [3.63, 3.8) is 0 Å². The van der Waals surface area contributed by atoms with Crippen LogP contribution in [0.15, 0.2) is 30.7 Å². The molecule has 1 aromatic carbocycles. The van der Waals surface area contributed by atoms with Crippen molar-refractivity contribution in [2.24, 2.45) is 5.92 Å². The maximum absolute atomic E-state index is 12.6. The summed E-state index contributed by atoms with van der Waals surface area (Å²) in [5.41, 5.74) is 2.94. The fourth-order valence-corrected chi connectivity index (χ4v) is 3.80. The predicted molar refractivity (Wildman–Crippen MR) is 94.6 cm³/mol. The van der Waals surface area contributed by atoms with E-state index in [0.29, 0.717) is 24.6 Å². The highest BCUT2D eigenvalue weighted by molar-refractivity contribution is 5.97. The number of rotatable bonds is 5. The summed E-state index contributed by atoms with van der Waals surface area (Å²) in [5, 5.41) is 3.11. The fraction of sp³-hybridized carbons (Fsp3) is 0.474. The normalized spacial score (nSPS) is 20.1. The van der Waals surface area contributed by atoms with Gasteiger partial charge in [0, 0.05) is 37.9 Å². The average molecular weight is 340 g/mol. The van der Waals surface area contributed by atoms with Crippen LogP contribution >= 0.6 is 0 Å². The van der Waals surface area contributed by atoms with Crippen LogP contribution in [0.2, 0.25) is 0 Å². The van der Waals surface area contributed by atoms with Gasteiger partial charge in [-0.05, 0) is 36.9 Å². The highest BCUT2D eigenvalue weighted by atomic mass is 16.5. The van der Waals surface area contributed by atoms with Gasteiger partial charge in [-0.25, -0.2) is 4.98 Å². The number of amides is 1. The Hall–Kier alpha value is -2.34. The Kier molecular flexibility index (Phi) is 4.70. The number of aromatic nitrogens is 2. The zero-order valence-electron chi connectivity index (χ0n) is 14.3. The number of carbonyl (C=O) groups is 1. The number of para-hydroxylation sites is 1. The Morgan fingerprint density at radius 2 is 2.40 bits per heavy atom. The molecule has 0 spiro atoms. The number of likely N-dealkylation sites (tertiary alicyclic amines) is 1. The van der Waals surface area contributed by atoms with Crippen LogP contribution in [-0.4, -0.2) is 47.0 Å². The number of hydrogen-bond acceptors (Lipinski definition) is 4. The summed E-state index contributed by atoms with van der Waals surface area (Å²) in [7, 11) is 0. The molecule has 4 rings (SSSR count). The molecule has 3 heterocycles. The molecule has 0 saturated carbocycles. The van der Waals surface area contributed by atoms with Gasteiger partial charge in [-0.1, -0.05) is 12.1 Å². The molecule has 2 aliphatic heterocycles. The lowest BCUT2D eigenvalue weighted by molar-refractivity contribution is 0.0927. The van der Waals surface area contributed by atoms with E-state index in [4.69, 9.17) is 4.74 Å². The zero-order chi connectivity index (χ0) is 17.1. The summed E-state index contributed by atoms with van der Waals surface area (Å²) < 4.78 is 5.64. The van der Waals surface area contributed by atoms with Crippen molar-refractivity contribution in [3.8, 4) is 5.75 Å². The van der Waals surface area contributed by atoms with E-state index >= 15 is 0 Å². The number of benzene rings is 1. The Morgan fingerprint density at radius 3 is 3.28 bits per heavy atom. The van der Waals surface area contributed by atoms with Crippen LogP contribution in [0.25, 0.3) is 0 Å². The molecule has 1 saturated heterocycles. The number of imidazole rings is 1. The molecular weight excluding hydrogens is 316 g/mol. The monoisotopic (exact) mass is 340 g/mol. The predicted octanol–water partition coefficient (Wildman–Crippen LogP) is 1.99. The van der Waals surface area contributed by atoms with E-state index in [1.165, 1.54) is 6.42 Å². The molecule has 1 fully saturated rings. The maximum Gasteiger partial charge on any atom is 0.255 e. The first-order valence-corrected chi connectivity index (χ1v) is 9.02. The van der Waals surface area contributed by atoms with Gasteiger partial charge in [0.1, 0.15) is 5.75 Å². The molecule has 1 atom stereocenters. The molecule has 25 heavy (non-hydrogen) atoms. The van der Waals surface area contributed by atoms with Gasteiger partial charge in [0.2, 0.25) is 0 Å². The number of nitrogens with one attached hydrogen (secondary N) is 2. The number of carbonyl (C=O) groups excluding carboxylic acids is 1. The van der Waals surface area contributed by atoms with Crippen molar-refractivity contribution in [2.45, 2.75) is 25.8 Å². The molecule has 1 aromatic heterocycles. The van der Waals surface area contributed by atoms with Gasteiger partial charge >= 0.3 is 0 Å². The Balaban J connectivity index is 1.32. The summed E-state index contributed by atoms with van der Waals surface area (Å²) in [6.45, 7) is 4.38. The molecule has 2 aliphatic rings. The second-order valence-electron chi connectivity index (χ2n) is 6.92. The number of nitrogens with zero attached hydrogens (tertiary/aromatic N) is 2. The number of aromatic amines is 1. The number of fused-ring (bicyclic) bond motifs is 1.